The van der Waals surface area contributed by atoms with E-state index >= 15 is 0 Å². The van der Waals surface area contributed by atoms with E-state index in [0.29, 0.717) is 5.56 Å². The van der Waals surface area contributed by atoms with Crippen LogP contribution in [0.15, 0.2) is 18.3 Å². The number of aromatic nitrogens is 1. The Hall–Kier alpha value is -1.45. The van der Waals surface area contributed by atoms with Gasteiger partial charge in [-0.25, -0.2) is 0 Å². The summed E-state index contributed by atoms with van der Waals surface area (Å²) in [5.41, 5.74) is 0.683. The van der Waals surface area contributed by atoms with Crippen LogP contribution in [0.2, 0.25) is 0 Å². The Balaban J connectivity index is 3.17. The van der Waals surface area contributed by atoms with Crippen LogP contribution in [0.5, 0.6) is 0 Å². The summed E-state index contributed by atoms with van der Waals surface area (Å²) in [6.07, 6.45) is 1.43. The highest BCUT2D eigenvalue weighted by molar-refractivity contribution is 5.33. The van der Waals surface area contributed by atoms with Crippen LogP contribution in [-0.2, 0) is 0 Å². The molecule has 0 bridgehead atoms. The summed E-state index contributed by atoms with van der Waals surface area (Å²) in [6, 6.07) is 3.44. The Morgan fingerprint density at radius 2 is 2.25 bits per heavy atom. The van der Waals surface area contributed by atoms with Crippen LogP contribution in [0.3, 0.4) is 0 Å². The SMILES string of the molecule is CC(C)c1cccnc1[N+](=O)[O-]. The second kappa shape index (κ2) is 3.30. The molecule has 4 heteroatoms. The Bertz CT molecular complexity index is 297. The highest BCUT2D eigenvalue weighted by atomic mass is 16.6. The molecule has 0 aromatic carbocycles. The molecular weight excluding hydrogens is 156 g/mol. The van der Waals surface area contributed by atoms with E-state index in [2.05, 4.69) is 4.98 Å². The first kappa shape index (κ1) is 8.64. The zero-order chi connectivity index (χ0) is 9.14. The lowest BCUT2D eigenvalue weighted by atomic mass is 10.1. The van der Waals surface area contributed by atoms with Crippen LogP contribution in [0.25, 0.3) is 0 Å². The van der Waals surface area contributed by atoms with Crippen molar-refractivity contribution in [2.24, 2.45) is 0 Å². The predicted molar refractivity (Wildman–Crippen MR) is 45.0 cm³/mol. The zero-order valence-electron chi connectivity index (χ0n) is 7.02. The van der Waals surface area contributed by atoms with Gasteiger partial charge in [0.25, 0.3) is 0 Å². The van der Waals surface area contributed by atoms with Crippen LogP contribution >= 0.6 is 0 Å². The summed E-state index contributed by atoms with van der Waals surface area (Å²) >= 11 is 0. The minimum Gasteiger partial charge on any atom is -0.358 e. The molecule has 0 unspecified atom stereocenters. The monoisotopic (exact) mass is 166 g/mol. The van der Waals surface area contributed by atoms with E-state index in [1.54, 1.807) is 12.1 Å². The van der Waals surface area contributed by atoms with Gasteiger partial charge in [-0.05, 0) is 28.0 Å². The van der Waals surface area contributed by atoms with Gasteiger partial charge < -0.3 is 10.1 Å². The van der Waals surface area contributed by atoms with Gasteiger partial charge in [0, 0.05) is 0 Å². The van der Waals surface area contributed by atoms with E-state index in [9.17, 15) is 10.1 Å². The van der Waals surface area contributed by atoms with Gasteiger partial charge in [-0.2, -0.15) is 0 Å². The molecule has 1 heterocycles. The molecule has 12 heavy (non-hydrogen) atoms. The second-order valence-electron chi connectivity index (χ2n) is 2.83. The molecule has 1 rings (SSSR count). The number of pyridine rings is 1. The number of hydrogen-bond donors (Lipinski definition) is 0. The first-order valence-electron chi connectivity index (χ1n) is 3.72. The molecule has 0 radical (unpaired) electrons. The normalized spacial score (nSPS) is 10.2. The Morgan fingerprint density at radius 3 is 2.67 bits per heavy atom. The maximum atomic E-state index is 10.5. The Morgan fingerprint density at radius 1 is 1.58 bits per heavy atom. The van der Waals surface area contributed by atoms with Gasteiger partial charge in [-0.15, -0.1) is 0 Å². The van der Waals surface area contributed by atoms with Gasteiger partial charge in [0.15, 0.2) is 0 Å². The summed E-state index contributed by atoms with van der Waals surface area (Å²) in [4.78, 5) is 13.7. The lowest BCUT2D eigenvalue weighted by Gasteiger charge is -2.03. The summed E-state index contributed by atoms with van der Waals surface area (Å²) in [5, 5.41) is 10.5. The minimum absolute atomic E-state index is 0.0347. The highest BCUT2D eigenvalue weighted by Crippen LogP contribution is 2.22. The van der Waals surface area contributed by atoms with E-state index in [-0.39, 0.29) is 11.7 Å². The first-order valence-corrected chi connectivity index (χ1v) is 3.72. The van der Waals surface area contributed by atoms with Crippen molar-refractivity contribution < 1.29 is 4.92 Å². The predicted octanol–water partition coefficient (Wildman–Crippen LogP) is 2.11. The molecule has 0 fully saturated rings. The number of rotatable bonds is 2. The molecule has 0 aliphatic carbocycles. The number of nitro groups is 1. The molecule has 0 aliphatic heterocycles. The molecule has 0 saturated carbocycles. The lowest BCUT2D eigenvalue weighted by molar-refractivity contribution is -0.390. The molecule has 0 atom stereocenters. The van der Waals surface area contributed by atoms with E-state index in [1.807, 2.05) is 13.8 Å². The van der Waals surface area contributed by atoms with E-state index in [1.165, 1.54) is 6.20 Å². The van der Waals surface area contributed by atoms with Gasteiger partial charge in [-0.1, -0.05) is 13.8 Å². The van der Waals surface area contributed by atoms with Gasteiger partial charge in [-0.3, -0.25) is 0 Å². The van der Waals surface area contributed by atoms with Crippen LogP contribution in [0.4, 0.5) is 5.82 Å². The molecular formula is C8H10N2O2. The maximum absolute atomic E-state index is 10.5. The minimum atomic E-state index is -0.449. The summed E-state index contributed by atoms with van der Waals surface area (Å²) in [7, 11) is 0. The van der Waals surface area contributed by atoms with Gasteiger partial charge in [0.1, 0.15) is 6.20 Å². The third-order valence-corrected chi connectivity index (χ3v) is 1.61. The van der Waals surface area contributed by atoms with Gasteiger partial charge in [0.05, 0.1) is 5.56 Å². The quantitative estimate of drug-likeness (QED) is 0.499. The third kappa shape index (κ3) is 1.58. The molecule has 64 valence electrons. The van der Waals surface area contributed by atoms with Crippen molar-refractivity contribution >= 4 is 5.82 Å². The van der Waals surface area contributed by atoms with Crippen LogP contribution in [0.1, 0.15) is 25.3 Å². The van der Waals surface area contributed by atoms with E-state index in [4.69, 9.17) is 0 Å². The van der Waals surface area contributed by atoms with Crippen molar-refractivity contribution in [3.05, 3.63) is 34.0 Å². The molecule has 0 spiro atoms. The molecule has 1 aromatic rings. The smallest absolute Gasteiger partial charge is 0.358 e. The van der Waals surface area contributed by atoms with E-state index in [0.717, 1.165) is 0 Å². The Kier molecular flexibility index (Phi) is 2.38. The topological polar surface area (TPSA) is 56.0 Å². The van der Waals surface area contributed by atoms with Crippen molar-refractivity contribution in [2.75, 3.05) is 0 Å². The largest absolute Gasteiger partial charge is 0.366 e. The molecule has 0 N–H and O–H groups in total. The van der Waals surface area contributed by atoms with Crippen molar-refractivity contribution in [3.8, 4) is 0 Å². The fraction of sp³-hybridized carbons (Fsp3) is 0.375. The van der Waals surface area contributed by atoms with Crippen molar-refractivity contribution in [1.29, 1.82) is 0 Å². The van der Waals surface area contributed by atoms with Crippen LogP contribution in [-0.4, -0.2) is 9.91 Å². The maximum Gasteiger partial charge on any atom is 0.366 e. The molecule has 4 nitrogen and oxygen atoms in total. The van der Waals surface area contributed by atoms with Crippen molar-refractivity contribution in [2.45, 2.75) is 19.8 Å². The average molecular weight is 166 g/mol. The lowest BCUT2D eigenvalue weighted by Crippen LogP contribution is -1.99. The Labute approximate surface area is 70.4 Å². The molecule has 0 saturated heterocycles. The summed E-state index contributed by atoms with van der Waals surface area (Å²) < 4.78 is 0. The first-order chi connectivity index (χ1) is 5.63. The molecule has 0 amide bonds. The van der Waals surface area contributed by atoms with Crippen molar-refractivity contribution in [3.63, 3.8) is 0 Å². The molecule has 0 aliphatic rings. The van der Waals surface area contributed by atoms with Gasteiger partial charge in [0.2, 0.25) is 0 Å². The van der Waals surface area contributed by atoms with Crippen molar-refractivity contribution in [1.82, 2.24) is 4.98 Å². The number of nitrogens with zero attached hydrogens (tertiary/aromatic N) is 2. The van der Waals surface area contributed by atoms with Crippen LogP contribution < -0.4 is 0 Å². The third-order valence-electron chi connectivity index (χ3n) is 1.61. The highest BCUT2D eigenvalue weighted by Gasteiger charge is 2.15. The standard InChI is InChI=1S/C8H10N2O2/c1-6(2)7-4-3-5-9-8(7)10(11)12/h3-6H,1-2H3. The summed E-state index contributed by atoms with van der Waals surface area (Å²) in [5.74, 6) is 0.103. The summed E-state index contributed by atoms with van der Waals surface area (Å²) in [6.45, 7) is 3.81. The number of hydrogen-bond acceptors (Lipinski definition) is 3. The fourth-order valence-electron chi connectivity index (χ4n) is 1.01. The average Bonchev–Trinajstić information content (AvgIpc) is 2.04. The fourth-order valence-corrected chi connectivity index (χ4v) is 1.01. The van der Waals surface area contributed by atoms with E-state index < -0.39 is 4.92 Å². The van der Waals surface area contributed by atoms with Gasteiger partial charge >= 0.3 is 5.82 Å². The van der Waals surface area contributed by atoms with Crippen LogP contribution in [0, 0.1) is 10.1 Å². The second-order valence-corrected chi connectivity index (χ2v) is 2.83. The molecule has 1 aromatic heterocycles. The zero-order valence-corrected chi connectivity index (χ0v) is 7.02.